The van der Waals surface area contributed by atoms with Gasteiger partial charge in [0, 0.05) is 20.1 Å². The lowest BCUT2D eigenvalue weighted by molar-refractivity contribution is 0.0126. The van der Waals surface area contributed by atoms with Gasteiger partial charge in [0.05, 0.1) is 16.8 Å². The number of benzene rings is 1. The number of aryl methyl sites for hydroxylation is 1. The molecule has 19 heavy (non-hydrogen) atoms. The lowest BCUT2D eigenvalue weighted by atomic mass is 9.89. The van der Waals surface area contributed by atoms with Gasteiger partial charge in [0.2, 0.25) is 0 Å². The highest BCUT2D eigenvalue weighted by molar-refractivity contribution is 5.88. The number of piperidine rings is 1. The van der Waals surface area contributed by atoms with E-state index in [0.717, 1.165) is 49.1 Å². The maximum atomic E-state index is 10.3. The Morgan fingerprint density at radius 1 is 1.32 bits per heavy atom. The van der Waals surface area contributed by atoms with Gasteiger partial charge in [-0.3, -0.25) is 0 Å². The van der Waals surface area contributed by atoms with E-state index in [0.29, 0.717) is 0 Å². The van der Waals surface area contributed by atoms with Crippen LogP contribution in [-0.2, 0) is 7.05 Å². The van der Waals surface area contributed by atoms with Crippen molar-refractivity contribution in [1.29, 1.82) is 0 Å². The average molecular weight is 260 g/mol. The fourth-order valence-electron chi connectivity index (χ4n) is 2.82. The van der Waals surface area contributed by atoms with Crippen LogP contribution in [-0.4, -0.2) is 38.8 Å². The van der Waals surface area contributed by atoms with Crippen molar-refractivity contribution < 1.29 is 5.11 Å². The number of hydrogen-bond donors (Lipinski definition) is 1. The zero-order valence-electron chi connectivity index (χ0n) is 11.5. The van der Waals surface area contributed by atoms with Crippen LogP contribution in [0.5, 0.6) is 0 Å². The van der Waals surface area contributed by atoms with E-state index in [9.17, 15) is 5.11 Å². The van der Waals surface area contributed by atoms with Crippen LogP contribution < -0.4 is 4.90 Å². The number of fused-ring (bicyclic) bond motifs is 1. The van der Waals surface area contributed by atoms with Gasteiger partial charge in [-0.05, 0) is 31.4 Å². The lowest BCUT2D eigenvalue weighted by Gasteiger charge is -2.38. The highest BCUT2D eigenvalue weighted by Gasteiger charge is 2.31. The van der Waals surface area contributed by atoms with Gasteiger partial charge in [0.25, 0.3) is 0 Å². The Balaban J connectivity index is 1.90. The molecule has 1 saturated heterocycles. The normalized spacial score (nSPS) is 19.0. The van der Waals surface area contributed by atoms with Crippen molar-refractivity contribution in [2.75, 3.05) is 18.0 Å². The minimum Gasteiger partial charge on any atom is -0.390 e. The molecule has 2 heterocycles. The van der Waals surface area contributed by atoms with Crippen LogP contribution in [0.15, 0.2) is 18.2 Å². The molecule has 0 amide bonds. The number of aromatic nitrogens is 3. The maximum Gasteiger partial charge on any atom is 0.136 e. The van der Waals surface area contributed by atoms with E-state index in [1.165, 1.54) is 0 Å². The van der Waals surface area contributed by atoms with Crippen molar-refractivity contribution in [3.8, 4) is 0 Å². The molecule has 102 valence electrons. The highest BCUT2D eigenvalue weighted by Crippen LogP contribution is 2.31. The van der Waals surface area contributed by atoms with E-state index in [1.54, 1.807) is 4.68 Å². The second-order valence-electron chi connectivity index (χ2n) is 5.42. The van der Waals surface area contributed by atoms with Crippen molar-refractivity contribution in [2.45, 2.75) is 31.8 Å². The summed E-state index contributed by atoms with van der Waals surface area (Å²) in [5, 5.41) is 18.6. The molecule has 5 nitrogen and oxygen atoms in total. The van der Waals surface area contributed by atoms with Gasteiger partial charge in [-0.25, -0.2) is 4.68 Å². The van der Waals surface area contributed by atoms with E-state index < -0.39 is 5.60 Å². The zero-order chi connectivity index (χ0) is 13.5. The second-order valence-corrected chi connectivity index (χ2v) is 5.42. The first kappa shape index (κ1) is 12.4. The number of hydrogen-bond acceptors (Lipinski definition) is 4. The molecule has 0 radical (unpaired) electrons. The van der Waals surface area contributed by atoms with Crippen molar-refractivity contribution in [3.63, 3.8) is 0 Å². The van der Waals surface area contributed by atoms with Crippen LogP contribution in [0.4, 0.5) is 5.69 Å². The molecular weight excluding hydrogens is 240 g/mol. The summed E-state index contributed by atoms with van der Waals surface area (Å²) in [6.07, 6.45) is 2.47. The van der Waals surface area contributed by atoms with Gasteiger partial charge in [0.15, 0.2) is 0 Å². The van der Waals surface area contributed by atoms with Crippen LogP contribution in [0, 0.1) is 0 Å². The third-order valence-corrected chi connectivity index (χ3v) is 4.31. The Bertz CT molecular complexity index is 584. The summed E-state index contributed by atoms with van der Waals surface area (Å²) in [7, 11) is 1.91. The third-order valence-electron chi connectivity index (χ3n) is 4.31. The van der Waals surface area contributed by atoms with Gasteiger partial charge in [-0.1, -0.05) is 18.2 Å². The van der Waals surface area contributed by atoms with Crippen molar-refractivity contribution >= 4 is 16.7 Å². The Morgan fingerprint density at radius 3 is 2.74 bits per heavy atom. The number of rotatable bonds is 2. The second kappa shape index (κ2) is 4.49. The quantitative estimate of drug-likeness (QED) is 0.893. The maximum absolute atomic E-state index is 10.3. The molecule has 2 aromatic rings. The summed E-state index contributed by atoms with van der Waals surface area (Å²) in [4.78, 5) is 2.31. The van der Waals surface area contributed by atoms with E-state index in [-0.39, 0.29) is 0 Å². The summed E-state index contributed by atoms with van der Waals surface area (Å²) in [6, 6.07) is 6.17. The Hall–Kier alpha value is -1.62. The van der Waals surface area contributed by atoms with Crippen LogP contribution >= 0.6 is 0 Å². The predicted octanol–water partition coefficient (Wildman–Crippen LogP) is 1.71. The summed E-state index contributed by atoms with van der Waals surface area (Å²) in [5.74, 6) is 0. The first-order valence-electron chi connectivity index (χ1n) is 6.89. The fourth-order valence-corrected chi connectivity index (χ4v) is 2.82. The number of anilines is 1. The molecular formula is C14H20N4O. The number of aliphatic hydroxyl groups is 1. The monoisotopic (exact) mass is 260 g/mol. The fraction of sp³-hybridized carbons (Fsp3) is 0.571. The average Bonchev–Trinajstić information content (AvgIpc) is 2.82. The molecule has 1 N–H and O–H groups in total. The van der Waals surface area contributed by atoms with Crippen LogP contribution in [0.1, 0.15) is 26.2 Å². The topological polar surface area (TPSA) is 54.2 Å². The Labute approximate surface area is 112 Å². The molecule has 1 fully saturated rings. The molecule has 1 aliphatic heterocycles. The molecule has 0 aliphatic carbocycles. The first-order chi connectivity index (χ1) is 9.13. The molecule has 1 aliphatic rings. The van der Waals surface area contributed by atoms with E-state index in [4.69, 9.17) is 0 Å². The van der Waals surface area contributed by atoms with Crippen LogP contribution in [0.3, 0.4) is 0 Å². The van der Waals surface area contributed by atoms with E-state index >= 15 is 0 Å². The third kappa shape index (κ3) is 2.08. The minimum absolute atomic E-state index is 0.479. The molecule has 0 atom stereocenters. The van der Waals surface area contributed by atoms with Crippen molar-refractivity contribution in [1.82, 2.24) is 15.0 Å². The molecule has 3 rings (SSSR count). The van der Waals surface area contributed by atoms with E-state index in [2.05, 4.69) is 28.2 Å². The van der Waals surface area contributed by atoms with Crippen LogP contribution in [0.25, 0.3) is 11.0 Å². The lowest BCUT2D eigenvalue weighted by Crippen LogP contribution is -2.44. The molecule has 1 aromatic carbocycles. The summed E-state index contributed by atoms with van der Waals surface area (Å²) in [6.45, 7) is 3.80. The molecule has 0 bridgehead atoms. The van der Waals surface area contributed by atoms with Gasteiger partial charge in [-0.15, -0.1) is 5.10 Å². The molecule has 0 spiro atoms. The van der Waals surface area contributed by atoms with Crippen molar-refractivity contribution in [2.24, 2.45) is 7.05 Å². The predicted molar refractivity (Wildman–Crippen MR) is 75.2 cm³/mol. The molecule has 0 unspecified atom stereocenters. The molecule has 1 aromatic heterocycles. The van der Waals surface area contributed by atoms with Crippen LogP contribution in [0.2, 0.25) is 0 Å². The standard InChI is InChI=1S/C14H20N4O/c1-3-14(19)7-9-18(10-8-14)12-6-4-5-11-13(12)15-16-17(11)2/h4-6,19H,3,7-10H2,1-2H3. The summed E-state index contributed by atoms with van der Waals surface area (Å²) < 4.78 is 1.80. The number of nitrogens with zero attached hydrogens (tertiary/aromatic N) is 4. The van der Waals surface area contributed by atoms with Gasteiger partial charge in [-0.2, -0.15) is 0 Å². The van der Waals surface area contributed by atoms with E-state index in [1.807, 2.05) is 19.2 Å². The molecule has 5 heteroatoms. The molecule has 0 saturated carbocycles. The highest BCUT2D eigenvalue weighted by atomic mass is 16.3. The first-order valence-corrected chi connectivity index (χ1v) is 6.89. The van der Waals surface area contributed by atoms with Gasteiger partial charge in [0.1, 0.15) is 5.52 Å². The summed E-state index contributed by atoms with van der Waals surface area (Å²) in [5.41, 5.74) is 2.65. The Kier molecular flexibility index (Phi) is 2.93. The summed E-state index contributed by atoms with van der Waals surface area (Å²) >= 11 is 0. The zero-order valence-corrected chi connectivity index (χ0v) is 11.5. The van der Waals surface area contributed by atoms with Gasteiger partial charge >= 0.3 is 0 Å². The smallest absolute Gasteiger partial charge is 0.136 e. The minimum atomic E-state index is -0.479. The van der Waals surface area contributed by atoms with Crippen molar-refractivity contribution in [3.05, 3.63) is 18.2 Å². The largest absolute Gasteiger partial charge is 0.390 e. The Morgan fingerprint density at radius 2 is 2.05 bits per heavy atom. The van der Waals surface area contributed by atoms with Gasteiger partial charge < -0.3 is 10.0 Å². The SMILES string of the molecule is CCC1(O)CCN(c2cccc3c2nnn3C)CC1.